The van der Waals surface area contributed by atoms with Crippen molar-refractivity contribution in [3.05, 3.63) is 106 Å². The molecule has 3 aromatic rings. The minimum atomic E-state index is -2.62. The molecule has 0 unspecified atom stereocenters. The summed E-state index contributed by atoms with van der Waals surface area (Å²) in [5, 5.41) is 0. The second kappa shape index (κ2) is 18.5. The Labute approximate surface area is 304 Å². The molecule has 0 spiro atoms. The Morgan fingerprint density at radius 1 is 0.383 bits per heavy atom. The van der Waals surface area contributed by atoms with E-state index < -0.39 is 8.60 Å². The maximum absolute atomic E-state index is 7.23. The molecular formula is C42H66O3PZn-3. The van der Waals surface area contributed by atoms with Crippen molar-refractivity contribution in [2.75, 3.05) is 0 Å². The van der Waals surface area contributed by atoms with Gasteiger partial charge in [-0.05, 0) is 16.2 Å². The van der Waals surface area contributed by atoms with Crippen molar-refractivity contribution in [2.24, 2.45) is 0 Å². The van der Waals surface area contributed by atoms with E-state index in [9.17, 15) is 0 Å². The third-order valence-corrected chi connectivity index (χ3v) is 7.24. The SMILES string of the molecule is CC(C)(C)c1[c-]cccc1C(C)(C)C.CC(C)(C)c1[c-]cccc1C(C)(C)C.CC(C)(C)c1[c-]cccc1C(C)(C)C.OP(O)O.[Zn]. The standard InChI is InChI=1S/3C14H21.H3O3P.Zn/c3*1-13(2,3)11-9-7-8-10-12(11)14(4,5)6;1-4(2)3;/h3*7-9H,1-6H3;1-3H;/q3*-1;;. The van der Waals surface area contributed by atoms with Crippen LogP contribution in [0.25, 0.3) is 0 Å². The molecule has 0 saturated heterocycles. The molecule has 0 bridgehead atoms. The number of hydrogen-bond acceptors (Lipinski definition) is 3. The van der Waals surface area contributed by atoms with Gasteiger partial charge in [0, 0.05) is 19.5 Å². The fraction of sp³-hybridized carbons (Fsp3) is 0.571. The summed E-state index contributed by atoms with van der Waals surface area (Å²) in [7, 11) is -2.62. The molecule has 0 fully saturated rings. The van der Waals surface area contributed by atoms with Crippen LogP contribution in [0.5, 0.6) is 0 Å². The second-order valence-corrected chi connectivity index (χ2v) is 18.7. The summed E-state index contributed by atoms with van der Waals surface area (Å²) in [6.45, 7) is 40.5. The van der Waals surface area contributed by atoms with Crippen molar-refractivity contribution in [1.29, 1.82) is 0 Å². The van der Waals surface area contributed by atoms with E-state index in [1.54, 1.807) is 0 Å². The van der Waals surface area contributed by atoms with Crippen LogP contribution >= 0.6 is 8.60 Å². The van der Waals surface area contributed by atoms with E-state index in [-0.39, 0.29) is 52.0 Å². The largest absolute Gasteiger partial charge is 0.328 e. The van der Waals surface area contributed by atoms with Crippen molar-refractivity contribution in [3.8, 4) is 0 Å². The Hall–Kier alpha value is -1.41. The van der Waals surface area contributed by atoms with E-state index in [0.717, 1.165) is 0 Å². The molecular weight excluding hydrogens is 649 g/mol. The van der Waals surface area contributed by atoms with Crippen LogP contribution in [0.3, 0.4) is 0 Å². The summed E-state index contributed by atoms with van der Waals surface area (Å²) >= 11 is 0. The molecule has 0 aliphatic carbocycles. The molecule has 0 atom stereocenters. The molecule has 0 radical (unpaired) electrons. The van der Waals surface area contributed by atoms with Gasteiger partial charge in [0.25, 0.3) is 0 Å². The van der Waals surface area contributed by atoms with Crippen molar-refractivity contribution in [2.45, 2.75) is 157 Å². The minimum Gasteiger partial charge on any atom is -0.328 e. The zero-order valence-electron chi connectivity index (χ0n) is 33.2. The van der Waals surface area contributed by atoms with Gasteiger partial charge in [-0.3, -0.25) is 0 Å². The van der Waals surface area contributed by atoms with Gasteiger partial charge in [-0.2, -0.15) is 89.5 Å². The summed E-state index contributed by atoms with van der Waals surface area (Å²) in [6, 6.07) is 29.1. The Bertz CT molecular complexity index is 1060. The van der Waals surface area contributed by atoms with Crippen molar-refractivity contribution >= 4 is 8.60 Å². The predicted molar refractivity (Wildman–Crippen MR) is 202 cm³/mol. The topological polar surface area (TPSA) is 60.7 Å². The van der Waals surface area contributed by atoms with Gasteiger partial charge in [0.2, 0.25) is 0 Å². The smallest absolute Gasteiger partial charge is 0.324 e. The first-order valence-corrected chi connectivity index (χ1v) is 17.5. The van der Waals surface area contributed by atoms with Crippen LogP contribution in [0.2, 0.25) is 0 Å². The molecule has 3 N–H and O–H groups in total. The quantitative estimate of drug-likeness (QED) is 0.123. The maximum Gasteiger partial charge on any atom is 0.324 e. The molecule has 3 rings (SSSR count). The van der Waals surface area contributed by atoms with E-state index in [2.05, 4.69) is 179 Å². The van der Waals surface area contributed by atoms with Gasteiger partial charge in [0.15, 0.2) is 0 Å². The molecule has 47 heavy (non-hydrogen) atoms. The van der Waals surface area contributed by atoms with Crippen LogP contribution in [0.4, 0.5) is 0 Å². The molecule has 0 heterocycles. The molecule has 0 aromatic heterocycles. The molecule has 5 heteroatoms. The Morgan fingerprint density at radius 3 is 0.660 bits per heavy atom. The van der Waals surface area contributed by atoms with Gasteiger partial charge >= 0.3 is 8.60 Å². The molecule has 0 aliphatic heterocycles. The summed E-state index contributed by atoms with van der Waals surface area (Å²) in [4.78, 5) is 21.7. The fourth-order valence-electron chi connectivity index (χ4n) is 5.05. The van der Waals surface area contributed by atoms with Gasteiger partial charge in [-0.15, -0.1) is 16.7 Å². The predicted octanol–water partition coefficient (Wildman–Crippen LogP) is 11.4. The normalized spacial score (nSPS) is 12.4. The number of rotatable bonds is 0. The fourth-order valence-corrected chi connectivity index (χ4v) is 5.05. The number of hydrogen-bond donors (Lipinski definition) is 3. The van der Waals surface area contributed by atoms with Crippen LogP contribution in [-0.2, 0) is 52.0 Å². The molecule has 3 aromatic carbocycles. The summed E-state index contributed by atoms with van der Waals surface area (Å²) < 4.78 is 0. The van der Waals surface area contributed by atoms with E-state index in [1.807, 2.05) is 18.2 Å². The van der Waals surface area contributed by atoms with Gasteiger partial charge in [0.05, 0.1) is 0 Å². The maximum atomic E-state index is 7.23. The third kappa shape index (κ3) is 17.7. The minimum absolute atomic E-state index is 0. The third-order valence-electron chi connectivity index (χ3n) is 7.24. The Morgan fingerprint density at radius 2 is 0.553 bits per heavy atom. The monoisotopic (exact) mass is 713 g/mol. The van der Waals surface area contributed by atoms with E-state index >= 15 is 0 Å². The van der Waals surface area contributed by atoms with Crippen molar-refractivity contribution < 1.29 is 34.2 Å². The average Bonchev–Trinajstić information content (AvgIpc) is 2.86. The van der Waals surface area contributed by atoms with E-state index in [0.29, 0.717) is 0 Å². The van der Waals surface area contributed by atoms with Crippen LogP contribution in [-0.4, -0.2) is 14.7 Å². The zero-order valence-corrected chi connectivity index (χ0v) is 37.1. The summed E-state index contributed by atoms with van der Waals surface area (Å²) in [5.41, 5.74) is 9.43. The van der Waals surface area contributed by atoms with Gasteiger partial charge in [0.1, 0.15) is 0 Å². The van der Waals surface area contributed by atoms with Crippen LogP contribution in [0, 0.1) is 18.2 Å². The molecule has 0 saturated carbocycles. The number of benzene rings is 3. The Balaban J connectivity index is 0. The summed E-state index contributed by atoms with van der Waals surface area (Å²) in [5.74, 6) is 0. The van der Waals surface area contributed by atoms with Crippen molar-refractivity contribution in [1.82, 2.24) is 0 Å². The van der Waals surface area contributed by atoms with Gasteiger partial charge in [-0.1, -0.05) is 141 Å². The van der Waals surface area contributed by atoms with Crippen LogP contribution in [0.15, 0.2) is 54.6 Å². The van der Waals surface area contributed by atoms with Gasteiger partial charge < -0.3 is 14.7 Å². The van der Waals surface area contributed by atoms with E-state index in [4.69, 9.17) is 14.7 Å². The second-order valence-electron chi connectivity index (χ2n) is 18.1. The first-order chi connectivity index (χ1) is 20.4. The molecule has 0 aliphatic rings. The average molecular weight is 715 g/mol. The molecule has 262 valence electrons. The molecule has 0 amide bonds. The first kappa shape index (κ1) is 47.7. The molecule has 3 nitrogen and oxygen atoms in total. The summed E-state index contributed by atoms with van der Waals surface area (Å²) in [6.07, 6.45) is 0. The zero-order chi connectivity index (χ0) is 36.5. The van der Waals surface area contributed by atoms with Gasteiger partial charge in [-0.25, -0.2) is 0 Å². The Kier molecular flexibility index (Phi) is 18.8. The van der Waals surface area contributed by atoms with E-state index in [1.165, 1.54) is 33.4 Å². The first-order valence-electron chi connectivity index (χ1n) is 16.3. The van der Waals surface area contributed by atoms with Crippen LogP contribution < -0.4 is 0 Å². The van der Waals surface area contributed by atoms with Crippen molar-refractivity contribution in [3.63, 3.8) is 0 Å². The van der Waals surface area contributed by atoms with Crippen LogP contribution in [0.1, 0.15) is 158 Å².